The van der Waals surface area contributed by atoms with Crippen molar-refractivity contribution in [3.8, 4) is 6.07 Å². The van der Waals surface area contributed by atoms with Crippen LogP contribution in [0.15, 0.2) is 42.5 Å². The van der Waals surface area contributed by atoms with Crippen molar-refractivity contribution in [1.29, 1.82) is 5.26 Å². The van der Waals surface area contributed by atoms with Gasteiger partial charge in [0.25, 0.3) is 0 Å². The highest BCUT2D eigenvalue weighted by molar-refractivity contribution is 6.34. The molecule has 0 amide bonds. The molecule has 2 aromatic carbocycles. The molecule has 1 atom stereocenters. The largest absolute Gasteiger partial charge is 0.292 e. The summed E-state index contributed by atoms with van der Waals surface area (Å²) in [7, 11) is 0. The number of halogens is 3. The smallest absolute Gasteiger partial charge is 0.186 e. The number of hydrogen-bond acceptors (Lipinski definition) is 2. The molecule has 0 fully saturated rings. The first-order valence-electron chi connectivity index (χ1n) is 5.68. The highest BCUT2D eigenvalue weighted by Gasteiger charge is 2.26. The van der Waals surface area contributed by atoms with Crippen LogP contribution in [0.2, 0.25) is 10.0 Å². The van der Waals surface area contributed by atoms with Crippen LogP contribution in [0.1, 0.15) is 21.8 Å². The van der Waals surface area contributed by atoms with Crippen molar-refractivity contribution in [3.63, 3.8) is 0 Å². The van der Waals surface area contributed by atoms with Crippen molar-refractivity contribution < 1.29 is 9.18 Å². The summed E-state index contributed by atoms with van der Waals surface area (Å²) >= 11 is 11.6. The zero-order chi connectivity index (χ0) is 14.7. The molecule has 100 valence electrons. The van der Waals surface area contributed by atoms with E-state index in [2.05, 4.69) is 0 Å². The quantitative estimate of drug-likeness (QED) is 0.776. The maximum Gasteiger partial charge on any atom is 0.186 e. The van der Waals surface area contributed by atoms with E-state index in [9.17, 15) is 14.4 Å². The average molecular weight is 308 g/mol. The minimum absolute atomic E-state index is 0.0510. The lowest BCUT2D eigenvalue weighted by molar-refractivity contribution is 0.0977. The SMILES string of the molecule is N#CC(C(=O)c1ccccc1Cl)c1cccc(Cl)c1F. The van der Waals surface area contributed by atoms with Crippen LogP contribution in [0.4, 0.5) is 4.39 Å². The summed E-state index contributed by atoms with van der Waals surface area (Å²) in [4.78, 5) is 12.3. The van der Waals surface area contributed by atoms with Gasteiger partial charge in [0.15, 0.2) is 5.78 Å². The van der Waals surface area contributed by atoms with E-state index in [0.29, 0.717) is 0 Å². The van der Waals surface area contributed by atoms with E-state index in [-0.39, 0.29) is 21.2 Å². The monoisotopic (exact) mass is 307 g/mol. The summed E-state index contributed by atoms with van der Waals surface area (Å²) in [5.41, 5.74) is 0.130. The number of hydrogen-bond donors (Lipinski definition) is 0. The van der Waals surface area contributed by atoms with Crippen LogP contribution in [0.3, 0.4) is 0 Å². The predicted molar refractivity (Wildman–Crippen MR) is 75.5 cm³/mol. The molecule has 5 heteroatoms. The number of nitrogens with zero attached hydrogens (tertiary/aromatic N) is 1. The van der Waals surface area contributed by atoms with Crippen LogP contribution in [-0.2, 0) is 0 Å². The first-order chi connectivity index (χ1) is 9.56. The van der Waals surface area contributed by atoms with Crippen molar-refractivity contribution in [2.24, 2.45) is 0 Å². The normalized spacial score (nSPS) is 11.7. The molecule has 1 unspecified atom stereocenters. The molecule has 2 nitrogen and oxygen atoms in total. The molecule has 0 heterocycles. The Morgan fingerprint density at radius 3 is 2.40 bits per heavy atom. The minimum Gasteiger partial charge on any atom is -0.292 e. The molecule has 0 aliphatic carbocycles. The molecule has 0 aliphatic rings. The van der Waals surface area contributed by atoms with Gasteiger partial charge in [0.05, 0.1) is 16.1 Å². The fourth-order valence-electron chi connectivity index (χ4n) is 1.83. The van der Waals surface area contributed by atoms with Gasteiger partial charge in [-0.05, 0) is 18.2 Å². The fourth-order valence-corrected chi connectivity index (χ4v) is 2.24. The van der Waals surface area contributed by atoms with Crippen molar-refractivity contribution in [3.05, 3.63) is 69.5 Å². The van der Waals surface area contributed by atoms with E-state index in [0.717, 1.165) is 0 Å². The number of Topliss-reactive ketones (excluding diaryl/α,β-unsaturated/α-hetero) is 1. The Hall–Kier alpha value is -1.89. The Morgan fingerprint density at radius 1 is 1.10 bits per heavy atom. The number of ketones is 1. The van der Waals surface area contributed by atoms with E-state index >= 15 is 0 Å². The molecule has 0 N–H and O–H groups in total. The Kier molecular flexibility index (Phi) is 4.39. The average Bonchev–Trinajstić information content (AvgIpc) is 2.44. The van der Waals surface area contributed by atoms with Crippen LogP contribution in [0.5, 0.6) is 0 Å². The van der Waals surface area contributed by atoms with Gasteiger partial charge in [0.1, 0.15) is 11.7 Å². The van der Waals surface area contributed by atoms with Crippen molar-refractivity contribution in [2.45, 2.75) is 5.92 Å². The van der Waals surface area contributed by atoms with Gasteiger partial charge in [-0.25, -0.2) is 4.39 Å². The summed E-state index contributed by atoms with van der Waals surface area (Å²) in [5.74, 6) is -2.60. The number of carbonyl (C=O) groups excluding carboxylic acids is 1. The van der Waals surface area contributed by atoms with Gasteiger partial charge in [-0.15, -0.1) is 0 Å². The van der Waals surface area contributed by atoms with Crippen LogP contribution in [0.25, 0.3) is 0 Å². The molecule has 2 rings (SSSR count). The summed E-state index contributed by atoms with van der Waals surface area (Å²) < 4.78 is 13.9. The van der Waals surface area contributed by atoms with Gasteiger partial charge in [-0.2, -0.15) is 5.26 Å². The van der Waals surface area contributed by atoms with E-state index in [1.165, 1.54) is 30.3 Å². The molecule has 2 aromatic rings. The van der Waals surface area contributed by atoms with Crippen LogP contribution in [0, 0.1) is 17.1 Å². The van der Waals surface area contributed by atoms with Gasteiger partial charge in [-0.3, -0.25) is 4.79 Å². The number of carbonyl (C=O) groups is 1. The van der Waals surface area contributed by atoms with Gasteiger partial charge in [-0.1, -0.05) is 47.5 Å². The lowest BCUT2D eigenvalue weighted by Crippen LogP contribution is -2.13. The van der Waals surface area contributed by atoms with Crippen LogP contribution >= 0.6 is 23.2 Å². The summed E-state index contributed by atoms with van der Waals surface area (Å²) in [6, 6.07) is 12.3. The highest BCUT2D eigenvalue weighted by atomic mass is 35.5. The number of nitriles is 1. The van der Waals surface area contributed by atoms with Crippen molar-refractivity contribution in [1.82, 2.24) is 0 Å². The first kappa shape index (κ1) is 14.5. The Morgan fingerprint density at radius 2 is 1.75 bits per heavy atom. The maximum atomic E-state index is 13.9. The van der Waals surface area contributed by atoms with Gasteiger partial charge in [0, 0.05) is 11.1 Å². The molecular formula is C15H8Cl2FNO. The first-order valence-corrected chi connectivity index (χ1v) is 6.44. The zero-order valence-electron chi connectivity index (χ0n) is 10.1. The third-order valence-corrected chi connectivity index (χ3v) is 3.44. The number of rotatable bonds is 3. The molecule has 0 saturated carbocycles. The van der Waals surface area contributed by atoms with E-state index in [1.807, 2.05) is 0 Å². The molecule has 0 bridgehead atoms. The Bertz CT molecular complexity index is 709. The van der Waals surface area contributed by atoms with Crippen molar-refractivity contribution in [2.75, 3.05) is 0 Å². The van der Waals surface area contributed by atoms with E-state index in [1.54, 1.807) is 18.2 Å². The Balaban J connectivity index is 2.49. The molecule has 0 aliphatic heterocycles. The standard InChI is InChI=1S/C15H8Cl2FNO/c16-12-6-2-1-4-10(12)15(20)11(8-19)9-5-3-7-13(17)14(9)18/h1-7,11H. The summed E-state index contributed by atoms with van der Waals surface area (Å²) in [5, 5.41) is 9.29. The lowest BCUT2D eigenvalue weighted by atomic mass is 9.91. The van der Waals surface area contributed by atoms with E-state index in [4.69, 9.17) is 23.2 Å². The molecule has 0 saturated heterocycles. The summed E-state index contributed by atoms with van der Waals surface area (Å²) in [6.45, 7) is 0. The topological polar surface area (TPSA) is 40.9 Å². The van der Waals surface area contributed by atoms with Gasteiger partial charge in [0.2, 0.25) is 0 Å². The fraction of sp³-hybridized carbons (Fsp3) is 0.0667. The minimum atomic E-state index is -1.28. The zero-order valence-corrected chi connectivity index (χ0v) is 11.6. The van der Waals surface area contributed by atoms with Crippen LogP contribution in [-0.4, -0.2) is 5.78 Å². The van der Waals surface area contributed by atoms with Crippen LogP contribution < -0.4 is 0 Å². The molecule has 0 spiro atoms. The van der Waals surface area contributed by atoms with E-state index < -0.39 is 17.5 Å². The second-order valence-corrected chi connectivity index (χ2v) is 4.86. The van der Waals surface area contributed by atoms with Gasteiger partial charge >= 0.3 is 0 Å². The second-order valence-electron chi connectivity index (χ2n) is 4.05. The lowest BCUT2D eigenvalue weighted by Gasteiger charge is -2.11. The molecular weight excluding hydrogens is 300 g/mol. The predicted octanol–water partition coefficient (Wildman–Crippen LogP) is 4.62. The molecule has 20 heavy (non-hydrogen) atoms. The van der Waals surface area contributed by atoms with Crippen molar-refractivity contribution >= 4 is 29.0 Å². The Labute approximate surface area is 125 Å². The summed E-state index contributed by atoms with van der Waals surface area (Å²) in [6.07, 6.45) is 0. The highest BCUT2D eigenvalue weighted by Crippen LogP contribution is 2.29. The second kappa shape index (κ2) is 6.04. The third kappa shape index (κ3) is 2.67. The third-order valence-electron chi connectivity index (χ3n) is 2.82. The van der Waals surface area contributed by atoms with Gasteiger partial charge < -0.3 is 0 Å². The molecule has 0 radical (unpaired) electrons. The number of benzene rings is 2. The maximum absolute atomic E-state index is 13.9. The molecule has 0 aromatic heterocycles.